The number of ether oxygens (including phenoxy) is 1. The van der Waals surface area contributed by atoms with Gasteiger partial charge in [0.05, 0.1) is 11.9 Å². The molecule has 106 valence electrons. The lowest BCUT2D eigenvalue weighted by Gasteiger charge is -2.19. The number of nitrogens with zero attached hydrogens (tertiary/aromatic N) is 2. The summed E-state index contributed by atoms with van der Waals surface area (Å²) in [6.07, 6.45) is 1.08. The molecule has 0 fully saturated rings. The van der Waals surface area contributed by atoms with Gasteiger partial charge >= 0.3 is 6.09 Å². The SMILES string of the molecule is CC(C)(C)OC(=O)Nc1ccnn1-c1ccc(Cl)cc1. The van der Waals surface area contributed by atoms with Crippen LogP contribution in [0, 0.1) is 0 Å². The Balaban J connectivity index is 2.17. The van der Waals surface area contributed by atoms with Crippen LogP contribution < -0.4 is 5.32 Å². The fourth-order valence-corrected chi connectivity index (χ4v) is 1.72. The lowest BCUT2D eigenvalue weighted by molar-refractivity contribution is 0.0635. The van der Waals surface area contributed by atoms with Gasteiger partial charge in [0.25, 0.3) is 0 Å². The molecular formula is C14H16ClN3O2. The number of benzene rings is 1. The number of nitrogens with one attached hydrogen (secondary N) is 1. The van der Waals surface area contributed by atoms with Crippen LogP contribution in [0.4, 0.5) is 10.6 Å². The molecule has 0 aliphatic carbocycles. The topological polar surface area (TPSA) is 56.1 Å². The summed E-state index contributed by atoms with van der Waals surface area (Å²) in [7, 11) is 0. The van der Waals surface area contributed by atoms with Crippen LogP contribution in [-0.2, 0) is 4.74 Å². The van der Waals surface area contributed by atoms with E-state index in [1.54, 1.807) is 29.1 Å². The third kappa shape index (κ3) is 3.74. The molecule has 2 rings (SSSR count). The Bertz CT molecular complexity index is 600. The number of hydrogen-bond donors (Lipinski definition) is 1. The van der Waals surface area contributed by atoms with Crippen molar-refractivity contribution in [1.29, 1.82) is 0 Å². The van der Waals surface area contributed by atoms with Crippen molar-refractivity contribution in [3.8, 4) is 5.69 Å². The Hall–Kier alpha value is -2.01. The Labute approximate surface area is 122 Å². The molecule has 20 heavy (non-hydrogen) atoms. The van der Waals surface area contributed by atoms with Crippen LogP contribution in [0.1, 0.15) is 20.8 Å². The molecule has 1 amide bonds. The monoisotopic (exact) mass is 293 g/mol. The summed E-state index contributed by atoms with van der Waals surface area (Å²) < 4.78 is 6.81. The molecule has 1 heterocycles. The summed E-state index contributed by atoms with van der Waals surface area (Å²) in [5.74, 6) is 0.529. The average molecular weight is 294 g/mol. The number of carbonyl (C=O) groups is 1. The van der Waals surface area contributed by atoms with E-state index < -0.39 is 11.7 Å². The van der Waals surface area contributed by atoms with Gasteiger partial charge in [0, 0.05) is 11.1 Å². The molecule has 0 spiro atoms. The van der Waals surface area contributed by atoms with Gasteiger partial charge in [0.15, 0.2) is 0 Å². The highest BCUT2D eigenvalue weighted by Gasteiger charge is 2.17. The van der Waals surface area contributed by atoms with Gasteiger partial charge in [0.1, 0.15) is 11.4 Å². The van der Waals surface area contributed by atoms with Crippen molar-refractivity contribution >= 4 is 23.5 Å². The molecule has 1 aromatic heterocycles. The number of rotatable bonds is 2. The van der Waals surface area contributed by atoms with E-state index in [9.17, 15) is 4.79 Å². The highest BCUT2D eigenvalue weighted by molar-refractivity contribution is 6.30. The summed E-state index contributed by atoms with van der Waals surface area (Å²) in [6.45, 7) is 5.43. The Morgan fingerprint density at radius 3 is 2.50 bits per heavy atom. The Morgan fingerprint density at radius 1 is 1.25 bits per heavy atom. The van der Waals surface area contributed by atoms with Crippen LogP contribution >= 0.6 is 11.6 Å². The standard InChI is InChI=1S/C14H16ClN3O2/c1-14(2,3)20-13(19)17-12-8-9-16-18(12)11-6-4-10(15)5-7-11/h4-9H,1-3H3,(H,17,19). The summed E-state index contributed by atoms with van der Waals surface area (Å²) in [4.78, 5) is 11.8. The maximum absolute atomic E-state index is 11.8. The number of amides is 1. The summed E-state index contributed by atoms with van der Waals surface area (Å²) >= 11 is 5.85. The van der Waals surface area contributed by atoms with Crippen LogP contribution in [0.5, 0.6) is 0 Å². The minimum atomic E-state index is -0.546. The van der Waals surface area contributed by atoms with Crippen molar-refractivity contribution in [3.63, 3.8) is 0 Å². The summed E-state index contributed by atoms with van der Waals surface area (Å²) in [5.41, 5.74) is 0.250. The first-order valence-corrected chi connectivity index (χ1v) is 6.53. The van der Waals surface area contributed by atoms with Gasteiger partial charge < -0.3 is 4.74 Å². The van der Waals surface area contributed by atoms with Gasteiger partial charge in [-0.15, -0.1) is 0 Å². The minimum Gasteiger partial charge on any atom is -0.444 e. The predicted molar refractivity (Wildman–Crippen MR) is 78.4 cm³/mol. The quantitative estimate of drug-likeness (QED) is 0.914. The Kier molecular flexibility index (Phi) is 3.99. The predicted octanol–water partition coefficient (Wildman–Crippen LogP) is 3.87. The molecule has 0 saturated carbocycles. The molecular weight excluding hydrogens is 278 g/mol. The molecule has 0 unspecified atom stereocenters. The molecule has 0 atom stereocenters. The molecule has 0 radical (unpaired) electrons. The molecule has 0 bridgehead atoms. The first-order valence-electron chi connectivity index (χ1n) is 6.15. The van der Waals surface area contributed by atoms with Crippen LogP contribution in [-0.4, -0.2) is 21.5 Å². The van der Waals surface area contributed by atoms with E-state index in [-0.39, 0.29) is 0 Å². The maximum atomic E-state index is 11.8. The molecule has 0 aliphatic rings. The van der Waals surface area contributed by atoms with Gasteiger partial charge in [-0.2, -0.15) is 5.10 Å². The molecule has 0 saturated heterocycles. The van der Waals surface area contributed by atoms with Crippen LogP contribution in [0.25, 0.3) is 5.69 Å². The van der Waals surface area contributed by atoms with Crippen molar-refractivity contribution in [2.45, 2.75) is 26.4 Å². The van der Waals surface area contributed by atoms with Crippen LogP contribution in [0.2, 0.25) is 5.02 Å². The van der Waals surface area contributed by atoms with Crippen molar-refractivity contribution in [2.75, 3.05) is 5.32 Å². The highest BCUT2D eigenvalue weighted by Crippen LogP contribution is 2.18. The zero-order chi connectivity index (χ0) is 14.8. The van der Waals surface area contributed by atoms with Crippen LogP contribution in [0.3, 0.4) is 0 Å². The molecule has 1 aromatic carbocycles. The largest absolute Gasteiger partial charge is 0.444 e. The van der Waals surface area contributed by atoms with Gasteiger partial charge in [0.2, 0.25) is 0 Å². The number of anilines is 1. The smallest absolute Gasteiger partial charge is 0.413 e. The normalized spacial score (nSPS) is 11.2. The van der Waals surface area contributed by atoms with Gasteiger partial charge in [-0.05, 0) is 45.0 Å². The molecule has 0 aliphatic heterocycles. The number of halogens is 1. The molecule has 1 N–H and O–H groups in total. The van der Waals surface area contributed by atoms with E-state index >= 15 is 0 Å². The number of aromatic nitrogens is 2. The van der Waals surface area contributed by atoms with E-state index in [2.05, 4.69) is 10.4 Å². The third-order valence-corrected chi connectivity index (χ3v) is 2.59. The van der Waals surface area contributed by atoms with Crippen molar-refractivity contribution in [2.24, 2.45) is 0 Å². The van der Waals surface area contributed by atoms with Crippen molar-refractivity contribution in [1.82, 2.24) is 9.78 Å². The summed E-state index contributed by atoms with van der Waals surface area (Å²) in [5, 5.41) is 7.48. The fraction of sp³-hybridized carbons (Fsp3) is 0.286. The zero-order valence-corrected chi connectivity index (χ0v) is 12.3. The minimum absolute atomic E-state index is 0.520. The van der Waals surface area contributed by atoms with Crippen molar-refractivity contribution in [3.05, 3.63) is 41.6 Å². The number of hydrogen-bond acceptors (Lipinski definition) is 3. The second-order valence-corrected chi connectivity index (χ2v) is 5.67. The first kappa shape index (κ1) is 14.4. The summed E-state index contributed by atoms with van der Waals surface area (Å²) in [6, 6.07) is 8.84. The van der Waals surface area contributed by atoms with Gasteiger partial charge in [-0.3, -0.25) is 5.32 Å². The molecule has 2 aromatic rings. The second kappa shape index (κ2) is 5.54. The molecule has 6 heteroatoms. The Morgan fingerprint density at radius 2 is 1.90 bits per heavy atom. The maximum Gasteiger partial charge on any atom is 0.413 e. The van der Waals surface area contributed by atoms with Crippen LogP contribution in [0.15, 0.2) is 36.5 Å². The molecule has 5 nitrogen and oxygen atoms in total. The van der Waals surface area contributed by atoms with E-state index in [0.29, 0.717) is 10.8 Å². The van der Waals surface area contributed by atoms with Crippen molar-refractivity contribution < 1.29 is 9.53 Å². The fourth-order valence-electron chi connectivity index (χ4n) is 1.59. The lowest BCUT2D eigenvalue weighted by Crippen LogP contribution is -2.27. The van der Waals surface area contributed by atoms with E-state index in [1.807, 2.05) is 32.9 Å². The van der Waals surface area contributed by atoms with E-state index in [1.165, 1.54) is 0 Å². The van der Waals surface area contributed by atoms with Gasteiger partial charge in [-0.1, -0.05) is 11.6 Å². The van der Waals surface area contributed by atoms with E-state index in [0.717, 1.165) is 5.69 Å². The third-order valence-electron chi connectivity index (χ3n) is 2.34. The highest BCUT2D eigenvalue weighted by atomic mass is 35.5. The number of carbonyl (C=O) groups excluding carboxylic acids is 1. The average Bonchev–Trinajstić information content (AvgIpc) is 2.75. The lowest BCUT2D eigenvalue weighted by atomic mass is 10.2. The first-order chi connectivity index (χ1) is 9.35. The van der Waals surface area contributed by atoms with E-state index in [4.69, 9.17) is 16.3 Å². The van der Waals surface area contributed by atoms with Gasteiger partial charge in [-0.25, -0.2) is 9.48 Å². The zero-order valence-electron chi connectivity index (χ0n) is 11.6. The second-order valence-electron chi connectivity index (χ2n) is 5.23.